The first-order valence-corrected chi connectivity index (χ1v) is 14.0. The number of aryl methyl sites for hydroxylation is 2. The lowest BCUT2D eigenvalue weighted by atomic mass is 9.99. The number of benzene rings is 3. The summed E-state index contributed by atoms with van der Waals surface area (Å²) in [7, 11) is 2.18. The fourth-order valence-electron chi connectivity index (χ4n) is 5.35. The number of nitrogens with zero attached hydrogens (tertiary/aromatic N) is 3. The first-order valence-electron chi connectivity index (χ1n) is 14.0. The summed E-state index contributed by atoms with van der Waals surface area (Å²) in [5, 5.41) is 14.8. The topological polar surface area (TPSA) is 122 Å². The summed E-state index contributed by atoms with van der Waals surface area (Å²) in [6, 6.07) is 25.8. The smallest absolute Gasteiger partial charge is 0.414 e. The van der Waals surface area contributed by atoms with Crippen molar-refractivity contribution < 1.29 is 29.3 Å². The molecule has 0 amide bonds. The van der Waals surface area contributed by atoms with Crippen LogP contribution in [0.5, 0.6) is 0 Å². The molecule has 216 valence electrons. The van der Waals surface area contributed by atoms with Gasteiger partial charge in [-0.1, -0.05) is 78.9 Å². The second kappa shape index (κ2) is 12.9. The monoisotopic (exact) mass is 567 g/mol. The molecule has 2 aliphatic rings. The number of imidazole rings is 1. The Hall–Kier alpha value is -4.60. The number of ketones is 1. The van der Waals surface area contributed by atoms with Crippen molar-refractivity contribution >= 4 is 17.7 Å². The van der Waals surface area contributed by atoms with E-state index in [1.165, 1.54) is 11.1 Å². The molecule has 0 aliphatic carbocycles. The van der Waals surface area contributed by atoms with Gasteiger partial charge in [0.15, 0.2) is 5.78 Å². The van der Waals surface area contributed by atoms with Gasteiger partial charge in [-0.15, -0.1) is 0 Å². The van der Waals surface area contributed by atoms with Gasteiger partial charge in [-0.3, -0.25) is 4.79 Å². The zero-order valence-electron chi connectivity index (χ0n) is 23.3. The molecule has 0 saturated carbocycles. The van der Waals surface area contributed by atoms with E-state index in [4.69, 9.17) is 29.5 Å². The average Bonchev–Trinajstić information content (AvgIpc) is 3.38. The molecule has 6 rings (SSSR count). The normalized spacial score (nSPS) is 16.7. The molecule has 0 bridgehead atoms. The molecular weight excluding hydrogens is 534 g/mol. The standard InChI is InChI=1S/C31H31N3O2.C2H2O4/c1-33-18-16-26(17-19-33)36-30-27-10-6-5-7-22(27)15-20-34-21-28(32-31(30)34)23-11-13-25(14-12-23)29(35)24-8-3-2-4-9-24;3-1(4)2(5)6/h2-14,21,26,30H,15-20H2,1H3;(H,3,4)(H,5,6). The Morgan fingerprint density at radius 2 is 1.43 bits per heavy atom. The maximum absolute atomic E-state index is 12.8. The molecule has 1 unspecified atom stereocenters. The molecule has 1 fully saturated rings. The first kappa shape index (κ1) is 28.9. The van der Waals surface area contributed by atoms with Crippen molar-refractivity contribution in [1.82, 2.24) is 14.5 Å². The van der Waals surface area contributed by atoms with Crippen LogP contribution < -0.4 is 0 Å². The lowest BCUT2D eigenvalue weighted by Gasteiger charge is -2.32. The number of piperidine rings is 1. The van der Waals surface area contributed by atoms with Crippen LogP contribution in [0.25, 0.3) is 11.3 Å². The van der Waals surface area contributed by atoms with E-state index in [0.29, 0.717) is 11.1 Å². The van der Waals surface area contributed by atoms with Crippen molar-refractivity contribution in [2.45, 2.75) is 38.0 Å². The van der Waals surface area contributed by atoms with Gasteiger partial charge in [0.2, 0.25) is 0 Å². The number of carbonyl (C=O) groups is 3. The van der Waals surface area contributed by atoms with Crippen LogP contribution in [0, 0.1) is 0 Å². The zero-order valence-corrected chi connectivity index (χ0v) is 23.3. The number of hydrogen-bond acceptors (Lipinski definition) is 6. The second-order valence-electron chi connectivity index (χ2n) is 10.5. The highest BCUT2D eigenvalue weighted by atomic mass is 16.5. The molecule has 9 heteroatoms. The van der Waals surface area contributed by atoms with Crippen LogP contribution in [-0.4, -0.2) is 68.6 Å². The van der Waals surface area contributed by atoms with E-state index in [9.17, 15) is 4.79 Å². The van der Waals surface area contributed by atoms with Crippen molar-refractivity contribution in [3.05, 3.63) is 113 Å². The van der Waals surface area contributed by atoms with Crippen molar-refractivity contribution in [3.8, 4) is 11.3 Å². The van der Waals surface area contributed by atoms with E-state index >= 15 is 0 Å². The summed E-state index contributed by atoms with van der Waals surface area (Å²) in [5.41, 5.74) is 5.88. The zero-order chi connectivity index (χ0) is 29.6. The number of ether oxygens (including phenoxy) is 1. The second-order valence-corrected chi connectivity index (χ2v) is 10.5. The molecule has 4 aromatic rings. The molecule has 1 atom stereocenters. The van der Waals surface area contributed by atoms with Crippen molar-refractivity contribution in [1.29, 1.82) is 0 Å². The Kier molecular flexibility index (Phi) is 8.90. The fourth-order valence-corrected chi connectivity index (χ4v) is 5.35. The highest BCUT2D eigenvalue weighted by Crippen LogP contribution is 2.36. The molecule has 1 saturated heterocycles. The summed E-state index contributed by atoms with van der Waals surface area (Å²) < 4.78 is 9.07. The summed E-state index contributed by atoms with van der Waals surface area (Å²) in [6.07, 6.45) is 5.23. The third kappa shape index (κ3) is 6.64. The summed E-state index contributed by atoms with van der Waals surface area (Å²) in [6.45, 7) is 3.00. The number of hydrogen-bond donors (Lipinski definition) is 2. The van der Waals surface area contributed by atoms with Crippen molar-refractivity contribution in [3.63, 3.8) is 0 Å². The quantitative estimate of drug-likeness (QED) is 0.263. The Morgan fingerprint density at radius 3 is 2.10 bits per heavy atom. The molecule has 9 nitrogen and oxygen atoms in total. The van der Waals surface area contributed by atoms with Gasteiger partial charge in [0.25, 0.3) is 0 Å². The van der Waals surface area contributed by atoms with Gasteiger partial charge in [0.1, 0.15) is 11.9 Å². The maximum Gasteiger partial charge on any atom is 0.414 e. The highest BCUT2D eigenvalue weighted by Gasteiger charge is 2.30. The molecule has 0 radical (unpaired) electrons. The molecular formula is C33H33N3O6. The number of likely N-dealkylation sites (tertiary alicyclic amines) is 1. The summed E-state index contributed by atoms with van der Waals surface area (Å²) >= 11 is 0. The van der Waals surface area contributed by atoms with E-state index in [2.05, 4.69) is 47.0 Å². The SMILES string of the molecule is CN1CCC(OC2c3ccccc3CCn3cc(-c4ccc(C(=O)c5ccccc5)cc4)nc32)CC1.O=C(O)C(=O)O. The van der Waals surface area contributed by atoms with E-state index in [0.717, 1.165) is 56.0 Å². The van der Waals surface area contributed by atoms with Crippen LogP contribution in [0.2, 0.25) is 0 Å². The Labute approximate surface area is 244 Å². The summed E-state index contributed by atoms with van der Waals surface area (Å²) in [4.78, 5) is 38.5. The number of rotatable bonds is 5. The Morgan fingerprint density at radius 1 is 0.810 bits per heavy atom. The minimum Gasteiger partial charge on any atom is -0.473 e. The van der Waals surface area contributed by atoms with Gasteiger partial charge in [0, 0.05) is 42.5 Å². The van der Waals surface area contributed by atoms with Crippen LogP contribution in [-0.2, 0) is 27.3 Å². The minimum atomic E-state index is -1.82. The number of carbonyl (C=O) groups excluding carboxylic acids is 1. The first-order chi connectivity index (χ1) is 20.3. The third-order valence-electron chi connectivity index (χ3n) is 7.66. The lowest BCUT2D eigenvalue weighted by molar-refractivity contribution is -0.159. The molecule has 1 aromatic heterocycles. The Bertz CT molecular complexity index is 1540. The predicted molar refractivity (Wildman–Crippen MR) is 156 cm³/mol. The maximum atomic E-state index is 12.8. The Balaban J connectivity index is 0.000000535. The molecule has 3 aromatic carbocycles. The van der Waals surface area contributed by atoms with Crippen LogP contribution in [0.15, 0.2) is 85.1 Å². The van der Waals surface area contributed by atoms with Gasteiger partial charge in [-0.05, 0) is 37.4 Å². The van der Waals surface area contributed by atoms with Crippen molar-refractivity contribution in [2.75, 3.05) is 20.1 Å². The van der Waals surface area contributed by atoms with Gasteiger partial charge >= 0.3 is 11.9 Å². The molecule has 3 heterocycles. The van der Waals surface area contributed by atoms with Crippen molar-refractivity contribution in [2.24, 2.45) is 0 Å². The van der Waals surface area contributed by atoms with E-state index < -0.39 is 11.9 Å². The molecule has 0 spiro atoms. The number of aliphatic carboxylic acids is 2. The van der Waals surface area contributed by atoms with Gasteiger partial charge < -0.3 is 24.4 Å². The van der Waals surface area contributed by atoms with E-state index in [1.54, 1.807) is 0 Å². The molecule has 2 aliphatic heterocycles. The van der Waals surface area contributed by atoms with Crippen LogP contribution in [0.1, 0.15) is 51.8 Å². The predicted octanol–water partition coefficient (Wildman–Crippen LogP) is 4.69. The number of carboxylic acid groups (broad SMARTS) is 2. The number of fused-ring (bicyclic) bond motifs is 2. The highest BCUT2D eigenvalue weighted by molar-refractivity contribution is 6.27. The summed E-state index contributed by atoms with van der Waals surface area (Å²) in [5.74, 6) is -2.64. The van der Waals surface area contributed by atoms with E-state index in [-0.39, 0.29) is 18.0 Å². The fraction of sp³-hybridized carbons (Fsp3) is 0.273. The van der Waals surface area contributed by atoms with Crippen LogP contribution in [0.3, 0.4) is 0 Å². The number of carboxylic acids is 2. The third-order valence-corrected chi connectivity index (χ3v) is 7.66. The van der Waals surface area contributed by atoms with Crippen LogP contribution >= 0.6 is 0 Å². The van der Waals surface area contributed by atoms with E-state index in [1.807, 2.05) is 54.6 Å². The lowest BCUT2D eigenvalue weighted by Crippen LogP contribution is -2.35. The minimum absolute atomic E-state index is 0.0333. The van der Waals surface area contributed by atoms with Gasteiger partial charge in [-0.2, -0.15) is 0 Å². The molecule has 2 N–H and O–H groups in total. The molecule has 42 heavy (non-hydrogen) atoms. The van der Waals surface area contributed by atoms with Crippen LogP contribution in [0.4, 0.5) is 0 Å². The average molecular weight is 568 g/mol. The van der Waals surface area contributed by atoms with Gasteiger partial charge in [0.05, 0.1) is 11.8 Å². The van der Waals surface area contributed by atoms with Gasteiger partial charge in [-0.25, -0.2) is 14.6 Å². The number of aromatic nitrogens is 2. The largest absolute Gasteiger partial charge is 0.473 e.